The Labute approximate surface area is 139 Å². The predicted octanol–water partition coefficient (Wildman–Crippen LogP) is 3.43. The molecule has 0 saturated carbocycles. The topological polar surface area (TPSA) is 125 Å². The summed E-state index contributed by atoms with van der Waals surface area (Å²) in [6, 6.07) is 0.174. The average molecular weight is 359 g/mol. The summed E-state index contributed by atoms with van der Waals surface area (Å²) in [4.78, 5) is 21.4. The first kappa shape index (κ1) is 19.7. The number of nitrogens with zero attached hydrogens (tertiary/aromatic N) is 4. The van der Waals surface area contributed by atoms with Crippen LogP contribution < -0.4 is 10.2 Å². The van der Waals surface area contributed by atoms with Crippen LogP contribution in [0.2, 0.25) is 0 Å². The second-order valence-electron chi connectivity index (χ2n) is 4.59. The van der Waals surface area contributed by atoms with E-state index in [4.69, 9.17) is 5.26 Å². The van der Waals surface area contributed by atoms with Crippen molar-refractivity contribution in [1.29, 1.82) is 5.26 Å². The molecule has 0 aliphatic heterocycles. The number of anilines is 2. The minimum Gasteiger partial charge on any atom is -0.357 e. The highest BCUT2D eigenvalue weighted by Crippen LogP contribution is 2.49. The third-order valence-corrected chi connectivity index (χ3v) is 3.17. The molecule has 9 nitrogen and oxygen atoms in total. The quantitative estimate of drug-likeness (QED) is 0.260. The zero-order chi connectivity index (χ0) is 19.4. The van der Waals surface area contributed by atoms with E-state index in [9.17, 15) is 33.4 Å². The maximum Gasteiger partial charge on any atom is 0.418 e. The molecule has 0 saturated heterocycles. The molecule has 1 aromatic carbocycles. The highest BCUT2D eigenvalue weighted by molar-refractivity contribution is 5.88. The van der Waals surface area contributed by atoms with Crippen LogP contribution in [0.4, 0.5) is 35.9 Å². The van der Waals surface area contributed by atoms with Gasteiger partial charge in [-0.05, 0) is 6.92 Å². The first-order valence-electron chi connectivity index (χ1n) is 6.68. The van der Waals surface area contributed by atoms with Gasteiger partial charge in [-0.25, -0.2) is 0 Å². The van der Waals surface area contributed by atoms with Gasteiger partial charge in [0.05, 0.1) is 15.4 Å². The van der Waals surface area contributed by atoms with E-state index in [1.54, 1.807) is 5.32 Å². The molecule has 0 unspecified atom stereocenters. The normalized spacial score (nSPS) is 10.7. The van der Waals surface area contributed by atoms with E-state index in [1.165, 1.54) is 19.2 Å². The molecule has 0 fully saturated rings. The fourth-order valence-electron chi connectivity index (χ4n) is 2.21. The summed E-state index contributed by atoms with van der Waals surface area (Å²) in [5.41, 5.74) is -5.75. The Morgan fingerprint density at radius 2 is 2.00 bits per heavy atom. The van der Waals surface area contributed by atoms with Gasteiger partial charge in [0.2, 0.25) is 0 Å². The molecule has 0 spiro atoms. The molecule has 12 heteroatoms. The van der Waals surface area contributed by atoms with Gasteiger partial charge < -0.3 is 4.90 Å². The molecule has 0 bridgehead atoms. The Balaban J connectivity index is 4.07. The molecule has 1 aromatic rings. The maximum absolute atomic E-state index is 13.2. The molecular weight excluding hydrogens is 347 g/mol. The Kier molecular flexibility index (Phi) is 5.88. The monoisotopic (exact) mass is 359 g/mol. The molecule has 134 valence electrons. The number of nitriles is 1. The lowest BCUT2D eigenvalue weighted by molar-refractivity contribution is -0.392. The number of hydrogen-bond donors (Lipinski definition) is 1. The molecule has 25 heavy (non-hydrogen) atoms. The van der Waals surface area contributed by atoms with E-state index >= 15 is 0 Å². The molecule has 0 heterocycles. The number of nitrogens with one attached hydrogen (secondary N) is 1. The molecule has 0 aromatic heterocycles. The average Bonchev–Trinajstić information content (AvgIpc) is 2.50. The largest absolute Gasteiger partial charge is 0.418 e. The number of benzene rings is 1. The summed E-state index contributed by atoms with van der Waals surface area (Å²) >= 11 is 0. The van der Waals surface area contributed by atoms with E-state index in [-0.39, 0.29) is 19.2 Å². The summed E-state index contributed by atoms with van der Waals surface area (Å²) in [6.45, 7) is 4.85. The third-order valence-electron chi connectivity index (χ3n) is 3.17. The van der Waals surface area contributed by atoms with E-state index in [1.807, 2.05) is 0 Å². The Hall–Kier alpha value is -3.36. The molecule has 0 amide bonds. The van der Waals surface area contributed by atoms with Gasteiger partial charge in [-0.1, -0.05) is 6.08 Å². The van der Waals surface area contributed by atoms with Crippen molar-refractivity contribution in [2.24, 2.45) is 0 Å². The fourth-order valence-corrected chi connectivity index (χ4v) is 2.21. The Morgan fingerprint density at radius 3 is 2.36 bits per heavy atom. The Morgan fingerprint density at radius 1 is 1.40 bits per heavy atom. The second kappa shape index (κ2) is 7.47. The standard InChI is InChI=1S/C13H12F3N5O4/c1-3-5-19(4-2)11-9(20(22)23)6-8(13(14,15)16)10(18-7-17)12(11)21(24)25/h3,6,18H,1,4-5H2,2H3. The summed E-state index contributed by atoms with van der Waals surface area (Å²) < 4.78 is 39.6. The van der Waals surface area contributed by atoms with Crippen molar-refractivity contribution in [2.45, 2.75) is 13.1 Å². The van der Waals surface area contributed by atoms with Gasteiger partial charge in [-0.15, -0.1) is 6.58 Å². The lowest BCUT2D eigenvalue weighted by Gasteiger charge is -2.23. The molecule has 1 N–H and O–H groups in total. The molecule has 0 atom stereocenters. The van der Waals surface area contributed by atoms with Crippen LogP contribution in [0.5, 0.6) is 0 Å². The molecule has 0 radical (unpaired) electrons. The van der Waals surface area contributed by atoms with Crippen molar-refractivity contribution in [1.82, 2.24) is 0 Å². The lowest BCUT2D eigenvalue weighted by Crippen LogP contribution is -2.25. The fraction of sp³-hybridized carbons (Fsp3) is 0.308. The summed E-state index contributed by atoms with van der Waals surface area (Å²) in [7, 11) is 0. The molecule has 1 rings (SSSR count). The van der Waals surface area contributed by atoms with Gasteiger partial charge in [0.1, 0.15) is 5.69 Å². The van der Waals surface area contributed by atoms with Crippen LogP contribution in [-0.4, -0.2) is 22.9 Å². The minimum atomic E-state index is -5.15. The van der Waals surface area contributed by atoms with E-state index in [0.29, 0.717) is 0 Å². The van der Waals surface area contributed by atoms with Crippen LogP contribution in [0, 0.1) is 31.7 Å². The number of hydrogen-bond acceptors (Lipinski definition) is 7. The number of likely N-dealkylation sites (N-methyl/N-ethyl adjacent to an activating group) is 1. The van der Waals surface area contributed by atoms with E-state index < -0.39 is 44.3 Å². The zero-order valence-electron chi connectivity index (χ0n) is 12.8. The van der Waals surface area contributed by atoms with E-state index in [0.717, 1.165) is 4.90 Å². The van der Waals surface area contributed by atoms with Gasteiger partial charge in [-0.3, -0.25) is 25.5 Å². The van der Waals surface area contributed by atoms with Crippen LogP contribution in [0.1, 0.15) is 12.5 Å². The highest BCUT2D eigenvalue weighted by Gasteiger charge is 2.43. The van der Waals surface area contributed by atoms with Gasteiger partial charge in [0.15, 0.2) is 11.9 Å². The molecular formula is C13H12F3N5O4. The number of halogens is 3. The second-order valence-corrected chi connectivity index (χ2v) is 4.59. The minimum absolute atomic E-state index is 0.0189. The maximum atomic E-state index is 13.2. The Bertz CT molecular complexity index is 758. The molecule has 0 aliphatic rings. The zero-order valence-corrected chi connectivity index (χ0v) is 12.8. The van der Waals surface area contributed by atoms with Gasteiger partial charge in [-0.2, -0.15) is 18.4 Å². The van der Waals surface area contributed by atoms with Crippen LogP contribution in [-0.2, 0) is 6.18 Å². The third kappa shape index (κ3) is 3.94. The highest BCUT2D eigenvalue weighted by atomic mass is 19.4. The van der Waals surface area contributed by atoms with Crippen molar-refractivity contribution in [2.75, 3.05) is 23.3 Å². The van der Waals surface area contributed by atoms with Crippen LogP contribution in [0.25, 0.3) is 0 Å². The van der Waals surface area contributed by atoms with Crippen LogP contribution >= 0.6 is 0 Å². The van der Waals surface area contributed by atoms with Crippen molar-refractivity contribution in [3.63, 3.8) is 0 Å². The van der Waals surface area contributed by atoms with Crippen LogP contribution in [0.3, 0.4) is 0 Å². The number of alkyl halides is 3. The van der Waals surface area contributed by atoms with Crippen molar-refractivity contribution >= 4 is 22.7 Å². The first-order valence-corrected chi connectivity index (χ1v) is 6.68. The summed E-state index contributed by atoms with van der Waals surface area (Å²) in [5.74, 6) is 0. The van der Waals surface area contributed by atoms with E-state index in [2.05, 4.69) is 6.58 Å². The van der Waals surface area contributed by atoms with Crippen LogP contribution in [0.15, 0.2) is 18.7 Å². The lowest BCUT2D eigenvalue weighted by atomic mass is 10.1. The smallest absolute Gasteiger partial charge is 0.357 e. The van der Waals surface area contributed by atoms with Gasteiger partial charge in [0, 0.05) is 19.2 Å². The van der Waals surface area contributed by atoms with Gasteiger partial charge >= 0.3 is 11.9 Å². The van der Waals surface area contributed by atoms with Crippen molar-refractivity contribution in [3.8, 4) is 6.19 Å². The number of nitro groups is 2. The van der Waals surface area contributed by atoms with Crippen molar-refractivity contribution in [3.05, 3.63) is 44.5 Å². The van der Waals surface area contributed by atoms with Gasteiger partial charge in [0.25, 0.3) is 5.69 Å². The SMILES string of the molecule is C=CCN(CC)c1c([N+](=O)[O-])cc(C(F)(F)F)c(NC#N)c1[N+](=O)[O-]. The number of nitro benzene ring substituents is 2. The summed E-state index contributed by atoms with van der Waals surface area (Å²) in [5, 5.41) is 33.0. The predicted molar refractivity (Wildman–Crippen MR) is 82.1 cm³/mol. The van der Waals surface area contributed by atoms with Crippen molar-refractivity contribution < 1.29 is 23.0 Å². The first-order chi connectivity index (χ1) is 11.6. The summed E-state index contributed by atoms with van der Waals surface area (Å²) in [6.07, 6.45) is -2.67. The number of rotatable bonds is 7. The molecule has 0 aliphatic carbocycles.